The molecule has 0 aliphatic heterocycles. The van der Waals surface area contributed by atoms with Gasteiger partial charge in [0, 0.05) is 10.4 Å². The van der Waals surface area contributed by atoms with Crippen LogP contribution in [0.25, 0.3) is 0 Å². The Labute approximate surface area is 124 Å². The second-order valence-corrected chi connectivity index (χ2v) is 5.30. The number of carbonyl (C=O) groups is 2. The van der Waals surface area contributed by atoms with Gasteiger partial charge in [0.05, 0.1) is 18.5 Å². The van der Waals surface area contributed by atoms with E-state index in [2.05, 4.69) is 10.3 Å². The Morgan fingerprint density at radius 2 is 2.05 bits per heavy atom. The maximum Gasteiger partial charge on any atom is 0.309 e. The van der Waals surface area contributed by atoms with Gasteiger partial charge in [-0.3, -0.25) is 9.59 Å². The Morgan fingerprint density at radius 3 is 2.75 bits per heavy atom. The predicted molar refractivity (Wildman–Crippen MR) is 77.2 cm³/mol. The van der Waals surface area contributed by atoms with E-state index in [4.69, 9.17) is 16.7 Å². The predicted octanol–water partition coefficient (Wildman–Crippen LogP) is 2.60. The van der Waals surface area contributed by atoms with Crippen LogP contribution in [0.3, 0.4) is 0 Å². The second kappa shape index (κ2) is 6.49. The fourth-order valence-electron chi connectivity index (χ4n) is 1.58. The molecule has 2 rings (SSSR count). The number of nitrogens with zero attached hydrogens (tertiary/aromatic N) is 1. The second-order valence-electron chi connectivity index (χ2n) is 4.03. The summed E-state index contributed by atoms with van der Waals surface area (Å²) in [5.74, 6) is -1.20. The van der Waals surface area contributed by atoms with Crippen LogP contribution in [0.15, 0.2) is 29.6 Å². The van der Waals surface area contributed by atoms with E-state index in [1.807, 2.05) is 6.07 Å². The lowest BCUT2D eigenvalue weighted by Gasteiger charge is -2.03. The molecule has 7 heteroatoms. The number of hydrogen-bond donors (Lipinski definition) is 2. The average Bonchev–Trinajstić information content (AvgIpc) is 2.78. The first-order valence-electron chi connectivity index (χ1n) is 5.74. The van der Waals surface area contributed by atoms with E-state index >= 15 is 0 Å². The van der Waals surface area contributed by atoms with Crippen LogP contribution in [-0.4, -0.2) is 22.0 Å². The van der Waals surface area contributed by atoms with Crippen molar-refractivity contribution < 1.29 is 14.7 Å². The quantitative estimate of drug-likeness (QED) is 0.889. The van der Waals surface area contributed by atoms with Crippen LogP contribution in [0.5, 0.6) is 0 Å². The molecule has 2 N–H and O–H groups in total. The first-order valence-corrected chi connectivity index (χ1v) is 7.00. The van der Waals surface area contributed by atoms with Crippen molar-refractivity contribution in [3.63, 3.8) is 0 Å². The van der Waals surface area contributed by atoms with Crippen molar-refractivity contribution in [2.45, 2.75) is 12.8 Å². The first-order chi connectivity index (χ1) is 9.54. The van der Waals surface area contributed by atoms with Gasteiger partial charge in [-0.2, -0.15) is 0 Å². The Hall–Kier alpha value is -1.92. The van der Waals surface area contributed by atoms with Crippen LogP contribution in [0.4, 0.5) is 5.13 Å². The minimum Gasteiger partial charge on any atom is -0.481 e. The average molecular weight is 311 g/mol. The smallest absolute Gasteiger partial charge is 0.309 e. The van der Waals surface area contributed by atoms with Gasteiger partial charge >= 0.3 is 5.97 Å². The van der Waals surface area contributed by atoms with Crippen molar-refractivity contribution in [1.29, 1.82) is 0 Å². The van der Waals surface area contributed by atoms with E-state index in [1.165, 1.54) is 11.3 Å². The van der Waals surface area contributed by atoms with Crippen LogP contribution in [0.2, 0.25) is 5.02 Å². The van der Waals surface area contributed by atoms with E-state index in [9.17, 15) is 9.59 Å². The normalized spacial score (nSPS) is 10.2. The number of carboxylic acids is 1. The maximum absolute atomic E-state index is 11.8. The molecular formula is C13H11ClN2O3S. The molecule has 0 aliphatic rings. The third kappa shape index (κ3) is 4.04. The topological polar surface area (TPSA) is 79.3 Å². The number of hydrogen-bond acceptors (Lipinski definition) is 4. The zero-order valence-electron chi connectivity index (χ0n) is 10.3. The monoisotopic (exact) mass is 310 g/mol. The molecule has 0 fully saturated rings. The number of rotatable bonds is 5. The Kier molecular flexibility index (Phi) is 4.70. The van der Waals surface area contributed by atoms with E-state index in [0.717, 1.165) is 5.56 Å². The van der Waals surface area contributed by atoms with Gasteiger partial charge in [-0.1, -0.05) is 29.8 Å². The molecule has 2 aromatic rings. The third-order valence-corrected chi connectivity index (χ3v) is 3.61. The minimum atomic E-state index is -0.954. The number of carboxylic acid groups (broad SMARTS) is 1. The molecule has 0 radical (unpaired) electrons. The standard InChI is InChI=1S/C13H11ClN2O3S/c14-10-4-2-1-3-8(10)5-11(17)16-13-15-9(7-20-13)6-12(18)19/h1-4,7H,5-6H2,(H,18,19)(H,15,16,17). The molecule has 5 nitrogen and oxygen atoms in total. The molecule has 0 saturated heterocycles. The molecule has 0 saturated carbocycles. The van der Waals surface area contributed by atoms with Crippen LogP contribution < -0.4 is 5.32 Å². The van der Waals surface area contributed by atoms with Crippen molar-refractivity contribution >= 4 is 39.9 Å². The summed E-state index contributed by atoms with van der Waals surface area (Å²) < 4.78 is 0. The van der Waals surface area contributed by atoms with Crippen molar-refractivity contribution in [3.05, 3.63) is 45.9 Å². The molecule has 1 amide bonds. The highest BCUT2D eigenvalue weighted by Crippen LogP contribution is 2.18. The minimum absolute atomic E-state index is 0.146. The molecule has 0 aliphatic carbocycles. The summed E-state index contributed by atoms with van der Waals surface area (Å²) in [6, 6.07) is 7.10. The fraction of sp³-hybridized carbons (Fsp3) is 0.154. The number of aliphatic carboxylic acids is 1. The largest absolute Gasteiger partial charge is 0.481 e. The summed E-state index contributed by atoms with van der Waals surface area (Å²) in [6.07, 6.45) is -0.00952. The van der Waals surface area contributed by atoms with Gasteiger partial charge in [-0.15, -0.1) is 11.3 Å². The van der Waals surface area contributed by atoms with E-state index in [1.54, 1.807) is 23.6 Å². The molecule has 1 aromatic heterocycles. The van der Waals surface area contributed by atoms with Crippen molar-refractivity contribution in [1.82, 2.24) is 4.98 Å². The molecule has 20 heavy (non-hydrogen) atoms. The van der Waals surface area contributed by atoms with E-state index in [-0.39, 0.29) is 18.7 Å². The fourth-order valence-corrected chi connectivity index (χ4v) is 2.51. The summed E-state index contributed by atoms with van der Waals surface area (Å²) >= 11 is 7.17. The number of halogens is 1. The van der Waals surface area contributed by atoms with Crippen molar-refractivity contribution in [3.8, 4) is 0 Å². The van der Waals surface area contributed by atoms with Crippen LogP contribution in [-0.2, 0) is 22.4 Å². The lowest BCUT2D eigenvalue weighted by atomic mass is 10.1. The number of thiazole rings is 1. The van der Waals surface area contributed by atoms with Gasteiger partial charge in [-0.25, -0.2) is 4.98 Å². The van der Waals surface area contributed by atoms with Gasteiger partial charge in [0.25, 0.3) is 0 Å². The summed E-state index contributed by atoms with van der Waals surface area (Å²) in [4.78, 5) is 26.4. The van der Waals surface area contributed by atoms with Crippen molar-refractivity contribution in [2.75, 3.05) is 5.32 Å². The van der Waals surface area contributed by atoms with E-state index < -0.39 is 5.97 Å². The zero-order valence-corrected chi connectivity index (χ0v) is 11.9. The summed E-state index contributed by atoms with van der Waals surface area (Å²) in [5.41, 5.74) is 1.16. The Morgan fingerprint density at radius 1 is 1.30 bits per heavy atom. The lowest BCUT2D eigenvalue weighted by molar-refractivity contribution is -0.136. The summed E-state index contributed by atoms with van der Waals surface area (Å²) in [5, 5.41) is 13.8. The highest BCUT2D eigenvalue weighted by Gasteiger charge is 2.10. The Balaban J connectivity index is 1.96. The lowest BCUT2D eigenvalue weighted by Crippen LogP contribution is -2.14. The maximum atomic E-state index is 11.8. The number of aromatic nitrogens is 1. The molecule has 104 valence electrons. The highest BCUT2D eigenvalue weighted by molar-refractivity contribution is 7.13. The van der Waals surface area contributed by atoms with Gasteiger partial charge in [-0.05, 0) is 11.6 Å². The van der Waals surface area contributed by atoms with Crippen LogP contribution >= 0.6 is 22.9 Å². The number of amides is 1. The molecular weight excluding hydrogens is 300 g/mol. The summed E-state index contributed by atoms with van der Waals surface area (Å²) in [6.45, 7) is 0. The van der Waals surface area contributed by atoms with Crippen LogP contribution in [0.1, 0.15) is 11.3 Å². The highest BCUT2D eigenvalue weighted by atomic mass is 35.5. The molecule has 0 atom stereocenters. The first kappa shape index (κ1) is 14.5. The van der Waals surface area contributed by atoms with Crippen LogP contribution in [0, 0.1) is 0 Å². The number of carbonyl (C=O) groups excluding carboxylic acids is 1. The Bertz CT molecular complexity index is 642. The zero-order chi connectivity index (χ0) is 14.5. The van der Waals surface area contributed by atoms with E-state index in [0.29, 0.717) is 15.8 Å². The molecule has 0 unspecified atom stereocenters. The SMILES string of the molecule is O=C(O)Cc1csc(NC(=O)Cc2ccccc2Cl)n1. The van der Waals surface area contributed by atoms with Gasteiger partial charge in [0.15, 0.2) is 5.13 Å². The molecule has 0 spiro atoms. The number of benzene rings is 1. The number of anilines is 1. The molecule has 1 aromatic carbocycles. The molecule has 0 bridgehead atoms. The number of nitrogens with one attached hydrogen (secondary N) is 1. The van der Waals surface area contributed by atoms with Gasteiger partial charge in [0.2, 0.25) is 5.91 Å². The summed E-state index contributed by atoms with van der Waals surface area (Å²) in [7, 11) is 0. The van der Waals surface area contributed by atoms with Crippen molar-refractivity contribution in [2.24, 2.45) is 0 Å². The van der Waals surface area contributed by atoms with Gasteiger partial charge in [0.1, 0.15) is 0 Å². The molecule has 1 heterocycles. The third-order valence-electron chi connectivity index (χ3n) is 2.44. The van der Waals surface area contributed by atoms with Gasteiger partial charge < -0.3 is 10.4 Å².